The van der Waals surface area contributed by atoms with Crippen molar-refractivity contribution in [1.29, 1.82) is 0 Å². The van der Waals surface area contributed by atoms with E-state index in [1.807, 2.05) is 18.4 Å². The van der Waals surface area contributed by atoms with E-state index in [4.69, 9.17) is 9.84 Å². The third kappa shape index (κ3) is 3.10. The number of carbonyl (C=O) groups excluding carboxylic acids is 1. The summed E-state index contributed by atoms with van der Waals surface area (Å²) in [4.78, 5) is 25.7. The van der Waals surface area contributed by atoms with Gasteiger partial charge in [0.15, 0.2) is 0 Å². The Bertz CT molecular complexity index is 502. The summed E-state index contributed by atoms with van der Waals surface area (Å²) in [6, 6.07) is 0.817. The van der Waals surface area contributed by atoms with Crippen LogP contribution in [0.3, 0.4) is 0 Å². The maximum Gasteiger partial charge on any atom is 0.326 e. The van der Waals surface area contributed by atoms with Crippen molar-refractivity contribution in [2.45, 2.75) is 32.0 Å². The lowest BCUT2D eigenvalue weighted by Crippen LogP contribution is -2.45. The molecule has 0 saturated carbocycles. The van der Waals surface area contributed by atoms with Crippen LogP contribution < -0.4 is 5.32 Å². The Morgan fingerprint density at radius 1 is 1.60 bits per heavy atom. The zero-order valence-electron chi connectivity index (χ0n) is 11.5. The van der Waals surface area contributed by atoms with Crippen molar-refractivity contribution in [3.05, 3.63) is 21.9 Å². The molecule has 1 fully saturated rings. The highest BCUT2D eigenvalue weighted by molar-refractivity contribution is 7.10. The normalized spacial score (nSPS) is 22.0. The average molecular weight is 298 g/mol. The van der Waals surface area contributed by atoms with Gasteiger partial charge in [0, 0.05) is 25.0 Å². The number of aliphatic carboxylic acids is 1. The van der Waals surface area contributed by atoms with Crippen LogP contribution in [0.1, 0.15) is 16.9 Å². The zero-order valence-corrected chi connectivity index (χ0v) is 12.3. The minimum Gasteiger partial charge on any atom is -0.480 e. The van der Waals surface area contributed by atoms with E-state index in [-0.39, 0.29) is 12.1 Å². The number of carbonyl (C=O) groups is 2. The van der Waals surface area contributed by atoms with Crippen molar-refractivity contribution in [2.75, 3.05) is 13.7 Å². The fourth-order valence-corrected chi connectivity index (χ4v) is 3.12. The van der Waals surface area contributed by atoms with Gasteiger partial charge in [0.2, 0.25) is 0 Å². The second-order valence-electron chi connectivity index (χ2n) is 4.79. The van der Waals surface area contributed by atoms with Crippen LogP contribution in [-0.4, -0.2) is 47.8 Å². The number of nitrogens with zero attached hydrogens (tertiary/aromatic N) is 1. The summed E-state index contributed by atoms with van der Waals surface area (Å²) in [6.45, 7) is 2.71. The number of carboxylic acid groups (broad SMARTS) is 1. The number of hydrogen-bond donors (Lipinski definition) is 2. The smallest absolute Gasteiger partial charge is 0.326 e. The molecule has 110 valence electrons. The van der Waals surface area contributed by atoms with Gasteiger partial charge < -0.3 is 20.1 Å². The molecular formula is C13H18N2O4S. The molecule has 0 aromatic carbocycles. The summed E-state index contributed by atoms with van der Waals surface area (Å²) in [7, 11) is 1.53. The molecule has 2 unspecified atom stereocenters. The van der Waals surface area contributed by atoms with Crippen LogP contribution >= 0.6 is 11.3 Å². The molecule has 1 aliphatic heterocycles. The van der Waals surface area contributed by atoms with Crippen LogP contribution in [0.25, 0.3) is 0 Å². The first kappa shape index (κ1) is 14.8. The van der Waals surface area contributed by atoms with Crippen LogP contribution in [-0.2, 0) is 16.1 Å². The van der Waals surface area contributed by atoms with Crippen molar-refractivity contribution in [3.8, 4) is 0 Å². The number of rotatable bonds is 4. The number of hydrogen-bond acceptors (Lipinski definition) is 4. The summed E-state index contributed by atoms with van der Waals surface area (Å²) in [5, 5.41) is 13.9. The Labute approximate surface area is 121 Å². The average Bonchev–Trinajstić information content (AvgIpc) is 3.02. The van der Waals surface area contributed by atoms with Crippen LogP contribution in [0, 0.1) is 6.92 Å². The van der Waals surface area contributed by atoms with Gasteiger partial charge in [-0.1, -0.05) is 0 Å². The highest BCUT2D eigenvalue weighted by Gasteiger charge is 2.39. The van der Waals surface area contributed by atoms with Gasteiger partial charge in [0.05, 0.1) is 12.6 Å². The van der Waals surface area contributed by atoms with Gasteiger partial charge in [0.25, 0.3) is 0 Å². The lowest BCUT2D eigenvalue weighted by Gasteiger charge is -2.21. The molecule has 0 radical (unpaired) electrons. The fraction of sp³-hybridized carbons (Fsp3) is 0.538. The Balaban J connectivity index is 1.97. The Hall–Kier alpha value is -1.60. The Morgan fingerprint density at radius 3 is 2.90 bits per heavy atom. The predicted octanol–water partition coefficient (Wildman–Crippen LogP) is 1.44. The standard InChI is InChI=1S/C13H18N2O4S/c1-8-3-4-20-11(8)6-14-13(18)15-7-9(19-2)5-10(15)12(16)17/h3-4,9-10H,5-7H2,1-2H3,(H,14,18)(H,16,17). The van der Waals surface area contributed by atoms with E-state index in [0.29, 0.717) is 19.5 Å². The van der Waals surface area contributed by atoms with E-state index >= 15 is 0 Å². The third-order valence-electron chi connectivity index (χ3n) is 3.51. The molecule has 2 amide bonds. The lowest BCUT2D eigenvalue weighted by molar-refractivity contribution is -0.141. The van der Waals surface area contributed by atoms with Gasteiger partial charge in [-0.05, 0) is 23.9 Å². The predicted molar refractivity (Wildman–Crippen MR) is 74.8 cm³/mol. The summed E-state index contributed by atoms with van der Waals surface area (Å²) < 4.78 is 5.16. The van der Waals surface area contributed by atoms with Gasteiger partial charge >= 0.3 is 12.0 Å². The van der Waals surface area contributed by atoms with E-state index in [9.17, 15) is 9.59 Å². The number of likely N-dealkylation sites (tertiary alicyclic amines) is 1. The number of thiophene rings is 1. The molecule has 0 spiro atoms. The van der Waals surface area contributed by atoms with Crippen LogP contribution in [0.2, 0.25) is 0 Å². The Morgan fingerprint density at radius 2 is 2.35 bits per heavy atom. The molecule has 7 heteroatoms. The minimum atomic E-state index is -0.994. The number of carboxylic acids is 1. The van der Waals surface area contributed by atoms with Crippen molar-refractivity contribution in [2.24, 2.45) is 0 Å². The lowest BCUT2D eigenvalue weighted by atomic mass is 10.2. The molecule has 20 heavy (non-hydrogen) atoms. The molecule has 1 aliphatic rings. The second-order valence-corrected chi connectivity index (χ2v) is 5.79. The number of amides is 2. The highest BCUT2D eigenvalue weighted by atomic mass is 32.1. The maximum absolute atomic E-state index is 12.1. The first-order valence-corrected chi connectivity index (χ1v) is 7.24. The molecule has 1 aromatic heterocycles. The molecule has 2 heterocycles. The maximum atomic E-state index is 12.1. The number of nitrogens with one attached hydrogen (secondary N) is 1. The summed E-state index contributed by atoms with van der Waals surface area (Å²) >= 11 is 1.57. The zero-order chi connectivity index (χ0) is 14.7. The topological polar surface area (TPSA) is 78.9 Å². The summed E-state index contributed by atoms with van der Waals surface area (Å²) in [5.41, 5.74) is 1.13. The third-order valence-corrected chi connectivity index (χ3v) is 4.53. The number of ether oxygens (including phenoxy) is 1. The summed E-state index contributed by atoms with van der Waals surface area (Å²) in [5.74, 6) is -0.994. The fourth-order valence-electron chi connectivity index (χ4n) is 2.27. The van der Waals surface area contributed by atoms with E-state index in [1.54, 1.807) is 11.3 Å². The molecule has 2 N–H and O–H groups in total. The number of aryl methyl sites for hydroxylation is 1. The van der Waals surface area contributed by atoms with Crippen molar-refractivity contribution < 1.29 is 19.4 Å². The van der Waals surface area contributed by atoms with Gasteiger partial charge in [-0.25, -0.2) is 9.59 Å². The molecule has 2 atom stereocenters. The number of methoxy groups -OCH3 is 1. The molecule has 6 nitrogen and oxygen atoms in total. The second kappa shape index (κ2) is 6.23. The van der Waals surface area contributed by atoms with Crippen molar-refractivity contribution in [3.63, 3.8) is 0 Å². The van der Waals surface area contributed by atoms with Gasteiger partial charge in [-0.15, -0.1) is 11.3 Å². The monoisotopic (exact) mass is 298 g/mol. The summed E-state index contributed by atoms with van der Waals surface area (Å²) in [6.07, 6.45) is 0.113. The highest BCUT2D eigenvalue weighted by Crippen LogP contribution is 2.21. The molecule has 1 aromatic rings. The first-order valence-electron chi connectivity index (χ1n) is 6.36. The van der Waals surface area contributed by atoms with Crippen molar-refractivity contribution >= 4 is 23.3 Å². The van der Waals surface area contributed by atoms with Crippen LogP contribution in [0.5, 0.6) is 0 Å². The first-order chi connectivity index (χ1) is 9.52. The van der Waals surface area contributed by atoms with Gasteiger partial charge in [-0.2, -0.15) is 0 Å². The molecule has 2 rings (SSSR count). The van der Waals surface area contributed by atoms with E-state index in [1.165, 1.54) is 12.0 Å². The minimum absolute atomic E-state index is 0.217. The van der Waals surface area contributed by atoms with Crippen LogP contribution in [0.4, 0.5) is 4.79 Å². The SMILES string of the molecule is COC1CC(C(=O)O)N(C(=O)NCc2sccc2C)C1. The van der Waals surface area contributed by atoms with E-state index in [2.05, 4.69) is 5.32 Å². The van der Waals surface area contributed by atoms with E-state index in [0.717, 1.165) is 10.4 Å². The van der Waals surface area contributed by atoms with Gasteiger partial charge in [0.1, 0.15) is 6.04 Å². The molecular weight excluding hydrogens is 280 g/mol. The molecule has 0 bridgehead atoms. The molecule has 1 saturated heterocycles. The Kier molecular flexibility index (Phi) is 4.61. The number of urea groups is 1. The quantitative estimate of drug-likeness (QED) is 0.881. The largest absolute Gasteiger partial charge is 0.480 e. The van der Waals surface area contributed by atoms with Gasteiger partial charge in [-0.3, -0.25) is 0 Å². The van der Waals surface area contributed by atoms with Crippen molar-refractivity contribution in [1.82, 2.24) is 10.2 Å². The van der Waals surface area contributed by atoms with E-state index < -0.39 is 12.0 Å². The molecule has 0 aliphatic carbocycles. The van der Waals surface area contributed by atoms with Crippen LogP contribution in [0.15, 0.2) is 11.4 Å².